The maximum Gasteiger partial charge on any atom is 0.343 e. The Hall–Kier alpha value is -3.08. The van der Waals surface area contributed by atoms with Crippen LogP contribution in [0.3, 0.4) is 0 Å². The second kappa shape index (κ2) is 9.22. The van der Waals surface area contributed by atoms with Crippen LogP contribution in [0, 0.1) is 5.82 Å². The number of rotatable bonds is 7. The molecule has 0 bridgehead atoms. The third-order valence-corrected chi connectivity index (χ3v) is 4.37. The zero-order valence-corrected chi connectivity index (χ0v) is 16.1. The van der Waals surface area contributed by atoms with E-state index in [-0.39, 0.29) is 5.75 Å². The summed E-state index contributed by atoms with van der Waals surface area (Å²) in [5.74, 6) is -1.19. The van der Waals surface area contributed by atoms with E-state index in [9.17, 15) is 9.18 Å². The number of halogens is 1. The van der Waals surface area contributed by atoms with E-state index in [4.69, 9.17) is 4.74 Å². The predicted octanol–water partition coefficient (Wildman–Crippen LogP) is 5.41. The highest BCUT2D eigenvalue weighted by atomic mass is 19.1. The molecule has 0 spiro atoms. The largest absolute Gasteiger partial charge is 0.420 e. The second-order valence-electron chi connectivity index (χ2n) is 6.62. The Balaban J connectivity index is 1.70. The standard InChI is InChI=1S/C23H23FN2O2/c1-3-5-16-7-12-22(20(24)13-16)28-23(27)18-10-8-17(9-11-18)21-15-25-19(6-4-2)14-26-21/h7-15H,3-6H2,1-2H3. The SMILES string of the molecule is CCCc1ccc(OC(=O)c2ccc(-c3cnc(CCC)cn3)cc2)c(F)c1. The lowest BCUT2D eigenvalue weighted by Crippen LogP contribution is -2.09. The van der Waals surface area contributed by atoms with E-state index in [1.54, 1.807) is 42.7 Å². The molecule has 0 aliphatic carbocycles. The van der Waals surface area contributed by atoms with Crippen molar-refractivity contribution in [3.63, 3.8) is 0 Å². The van der Waals surface area contributed by atoms with Crippen molar-refractivity contribution in [3.05, 3.63) is 77.5 Å². The van der Waals surface area contributed by atoms with Crippen LogP contribution in [-0.4, -0.2) is 15.9 Å². The van der Waals surface area contributed by atoms with Crippen LogP contribution in [0.25, 0.3) is 11.3 Å². The van der Waals surface area contributed by atoms with Gasteiger partial charge in [0.15, 0.2) is 11.6 Å². The minimum Gasteiger partial charge on any atom is -0.420 e. The van der Waals surface area contributed by atoms with Crippen LogP contribution < -0.4 is 4.74 Å². The number of carbonyl (C=O) groups excluding carboxylic acids is 1. The molecule has 3 rings (SSSR count). The minimum absolute atomic E-state index is 0.0636. The topological polar surface area (TPSA) is 52.1 Å². The van der Waals surface area contributed by atoms with Crippen molar-refractivity contribution in [2.75, 3.05) is 0 Å². The molecule has 5 heteroatoms. The first-order valence-electron chi connectivity index (χ1n) is 9.52. The van der Waals surface area contributed by atoms with E-state index in [0.717, 1.165) is 48.2 Å². The van der Waals surface area contributed by atoms with Gasteiger partial charge in [-0.05, 0) is 42.7 Å². The van der Waals surface area contributed by atoms with Crippen LogP contribution in [0.15, 0.2) is 54.9 Å². The number of hydrogen-bond acceptors (Lipinski definition) is 4. The summed E-state index contributed by atoms with van der Waals surface area (Å²) in [6.45, 7) is 4.12. The molecule has 0 saturated heterocycles. The lowest BCUT2D eigenvalue weighted by molar-refractivity contribution is 0.0728. The molecular formula is C23H23FN2O2. The molecule has 0 atom stereocenters. The minimum atomic E-state index is -0.599. The van der Waals surface area contributed by atoms with Gasteiger partial charge >= 0.3 is 5.97 Å². The fourth-order valence-electron chi connectivity index (χ4n) is 2.90. The summed E-state index contributed by atoms with van der Waals surface area (Å²) in [5.41, 5.74) is 3.77. The molecule has 2 aromatic carbocycles. The van der Waals surface area contributed by atoms with Gasteiger partial charge in [0, 0.05) is 11.8 Å². The average Bonchev–Trinajstić information content (AvgIpc) is 2.71. The fraction of sp³-hybridized carbons (Fsp3) is 0.261. The Bertz CT molecular complexity index is 938. The van der Waals surface area contributed by atoms with E-state index in [1.165, 1.54) is 12.1 Å². The number of benzene rings is 2. The first-order chi connectivity index (χ1) is 13.6. The summed E-state index contributed by atoms with van der Waals surface area (Å²) in [4.78, 5) is 21.1. The lowest BCUT2D eigenvalue weighted by atomic mass is 10.1. The third-order valence-electron chi connectivity index (χ3n) is 4.37. The van der Waals surface area contributed by atoms with E-state index < -0.39 is 11.8 Å². The maximum absolute atomic E-state index is 14.1. The zero-order chi connectivity index (χ0) is 19.9. The highest BCUT2D eigenvalue weighted by Crippen LogP contribution is 2.22. The van der Waals surface area contributed by atoms with E-state index in [1.807, 2.05) is 6.92 Å². The van der Waals surface area contributed by atoms with Crippen molar-refractivity contribution < 1.29 is 13.9 Å². The summed E-state index contributed by atoms with van der Waals surface area (Å²) < 4.78 is 19.3. The van der Waals surface area contributed by atoms with Crippen molar-refractivity contribution in [1.29, 1.82) is 0 Å². The Morgan fingerprint density at radius 1 is 0.964 bits per heavy atom. The molecular weight excluding hydrogens is 355 g/mol. The molecule has 0 saturated carbocycles. The van der Waals surface area contributed by atoms with Crippen molar-refractivity contribution >= 4 is 5.97 Å². The number of hydrogen-bond donors (Lipinski definition) is 0. The van der Waals surface area contributed by atoms with Crippen LogP contribution in [0.1, 0.15) is 48.3 Å². The van der Waals surface area contributed by atoms with Gasteiger partial charge in [0.25, 0.3) is 0 Å². The van der Waals surface area contributed by atoms with Gasteiger partial charge in [-0.3, -0.25) is 9.97 Å². The van der Waals surface area contributed by atoms with Gasteiger partial charge in [0.05, 0.1) is 23.1 Å². The highest BCUT2D eigenvalue weighted by Gasteiger charge is 2.13. The number of esters is 1. The van der Waals surface area contributed by atoms with Crippen LogP contribution in [0.4, 0.5) is 4.39 Å². The quantitative estimate of drug-likeness (QED) is 0.408. The molecule has 0 fully saturated rings. The molecule has 1 heterocycles. The Kier molecular flexibility index (Phi) is 6.48. The monoisotopic (exact) mass is 378 g/mol. The summed E-state index contributed by atoms with van der Waals surface area (Å²) >= 11 is 0. The second-order valence-corrected chi connectivity index (χ2v) is 6.62. The smallest absolute Gasteiger partial charge is 0.343 e. The normalized spacial score (nSPS) is 10.7. The number of aryl methyl sites for hydroxylation is 2. The summed E-state index contributed by atoms with van der Waals surface area (Å²) in [6.07, 6.45) is 7.13. The van der Waals surface area contributed by atoms with Gasteiger partial charge in [0.1, 0.15) is 0 Å². The summed E-state index contributed by atoms with van der Waals surface area (Å²) in [6, 6.07) is 11.5. The van der Waals surface area contributed by atoms with Gasteiger partial charge in [-0.2, -0.15) is 0 Å². The average molecular weight is 378 g/mol. The van der Waals surface area contributed by atoms with Crippen LogP contribution in [0.2, 0.25) is 0 Å². The first-order valence-corrected chi connectivity index (χ1v) is 9.52. The summed E-state index contributed by atoms with van der Waals surface area (Å²) in [7, 11) is 0. The predicted molar refractivity (Wildman–Crippen MR) is 107 cm³/mol. The fourth-order valence-corrected chi connectivity index (χ4v) is 2.90. The van der Waals surface area contributed by atoms with Crippen LogP contribution in [0.5, 0.6) is 5.75 Å². The van der Waals surface area contributed by atoms with Crippen LogP contribution in [-0.2, 0) is 12.8 Å². The van der Waals surface area contributed by atoms with Crippen molar-refractivity contribution in [1.82, 2.24) is 9.97 Å². The van der Waals surface area contributed by atoms with Gasteiger partial charge in [-0.25, -0.2) is 9.18 Å². The molecule has 1 aromatic heterocycles. The maximum atomic E-state index is 14.1. The van der Waals surface area contributed by atoms with E-state index in [2.05, 4.69) is 16.9 Å². The van der Waals surface area contributed by atoms with Gasteiger partial charge in [0.2, 0.25) is 0 Å². The molecule has 0 aliphatic rings. The first kappa shape index (κ1) is 19.7. The molecule has 4 nitrogen and oxygen atoms in total. The molecule has 0 amide bonds. The molecule has 0 N–H and O–H groups in total. The Labute approximate surface area is 164 Å². The van der Waals surface area contributed by atoms with Gasteiger partial charge in [-0.15, -0.1) is 0 Å². The van der Waals surface area contributed by atoms with Gasteiger partial charge < -0.3 is 4.74 Å². The molecule has 28 heavy (non-hydrogen) atoms. The Morgan fingerprint density at radius 2 is 1.71 bits per heavy atom. The van der Waals surface area contributed by atoms with Gasteiger partial charge in [-0.1, -0.05) is 44.9 Å². The third kappa shape index (κ3) is 4.80. The number of ether oxygens (including phenoxy) is 1. The molecule has 0 unspecified atom stereocenters. The Morgan fingerprint density at radius 3 is 2.32 bits per heavy atom. The molecule has 144 valence electrons. The van der Waals surface area contributed by atoms with E-state index >= 15 is 0 Å². The van der Waals surface area contributed by atoms with Crippen LogP contribution >= 0.6 is 0 Å². The molecule has 0 aliphatic heterocycles. The van der Waals surface area contributed by atoms with Crippen molar-refractivity contribution in [2.24, 2.45) is 0 Å². The highest BCUT2D eigenvalue weighted by molar-refractivity contribution is 5.91. The lowest BCUT2D eigenvalue weighted by Gasteiger charge is -2.08. The zero-order valence-electron chi connectivity index (χ0n) is 16.1. The van der Waals surface area contributed by atoms with Crippen molar-refractivity contribution in [2.45, 2.75) is 39.5 Å². The van der Waals surface area contributed by atoms with E-state index in [0.29, 0.717) is 5.56 Å². The number of carbonyl (C=O) groups is 1. The van der Waals surface area contributed by atoms with Crippen molar-refractivity contribution in [3.8, 4) is 17.0 Å². The number of aromatic nitrogens is 2. The summed E-state index contributed by atoms with van der Waals surface area (Å²) in [5, 5.41) is 0. The molecule has 0 radical (unpaired) electrons. The number of nitrogens with zero attached hydrogens (tertiary/aromatic N) is 2. The molecule has 3 aromatic rings.